The summed E-state index contributed by atoms with van der Waals surface area (Å²) in [4.78, 5) is 28.5. The molecule has 1 aliphatic heterocycles. The summed E-state index contributed by atoms with van der Waals surface area (Å²) in [7, 11) is 0. The van der Waals surface area contributed by atoms with Gasteiger partial charge in [0.25, 0.3) is 5.91 Å². The molecule has 0 saturated heterocycles. The predicted molar refractivity (Wildman–Crippen MR) is 115 cm³/mol. The van der Waals surface area contributed by atoms with E-state index in [1.165, 1.54) is 0 Å². The third-order valence-electron chi connectivity index (χ3n) is 5.53. The van der Waals surface area contributed by atoms with Crippen LogP contribution in [-0.2, 0) is 6.54 Å². The highest BCUT2D eigenvalue weighted by atomic mass is 16.5. The number of carbonyl (C=O) groups is 1. The number of amides is 1. The van der Waals surface area contributed by atoms with Gasteiger partial charge in [0.05, 0.1) is 36.4 Å². The highest BCUT2D eigenvalue weighted by Gasteiger charge is 2.43. The summed E-state index contributed by atoms with van der Waals surface area (Å²) in [6.07, 6.45) is 1.56. The number of benzene rings is 2. The van der Waals surface area contributed by atoms with Crippen LogP contribution < -0.4 is 10.2 Å². The Bertz CT molecular complexity index is 1320. The Balaban J connectivity index is 1.70. The molecule has 2 aromatic carbocycles. The first-order valence-corrected chi connectivity index (χ1v) is 10.2. The molecule has 5 rings (SSSR count). The Morgan fingerprint density at radius 1 is 1.06 bits per heavy atom. The van der Waals surface area contributed by atoms with Crippen molar-refractivity contribution in [3.63, 3.8) is 0 Å². The van der Waals surface area contributed by atoms with Crippen LogP contribution in [0.3, 0.4) is 0 Å². The second kappa shape index (κ2) is 7.47. The zero-order valence-electron chi connectivity index (χ0n) is 17.3. The maximum atomic E-state index is 13.5. The zero-order chi connectivity index (χ0) is 21.5. The molecule has 0 radical (unpaired) electrons. The van der Waals surface area contributed by atoms with E-state index in [-0.39, 0.29) is 23.6 Å². The number of fused-ring (bicyclic) bond motifs is 2. The van der Waals surface area contributed by atoms with Crippen LogP contribution in [0.1, 0.15) is 46.0 Å². The van der Waals surface area contributed by atoms with Gasteiger partial charge in [-0.05, 0) is 55.8 Å². The van der Waals surface area contributed by atoms with E-state index in [2.05, 4.69) is 0 Å². The van der Waals surface area contributed by atoms with E-state index < -0.39 is 6.04 Å². The largest absolute Gasteiger partial charge is 0.494 e. The fraction of sp³-hybridized carbons (Fsp3) is 0.200. The number of aryl methyl sites for hydroxylation is 1. The maximum Gasteiger partial charge on any atom is 0.291 e. The molecular formula is C25H21NO5. The van der Waals surface area contributed by atoms with Crippen molar-refractivity contribution in [1.82, 2.24) is 4.90 Å². The van der Waals surface area contributed by atoms with Crippen molar-refractivity contribution in [2.75, 3.05) is 6.61 Å². The number of ether oxygens (including phenoxy) is 1. The van der Waals surface area contributed by atoms with Gasteiger partial charge in [-0.2, -0.15) is 0 Å². The first kappa shape index (κ1) is 19.2. The summed E-state index contributed by atoms with van der Waals surface area (Å²) in [5, 5.41) is 0.474. The Morgan fingerprint density at radius 2 is 1.87 bits per heavy atom. The topological polar surface area (TPSA) is 72.9 Å². The standard InChI is InChI=1S/C25H21NO5/c1-3-29-17-9-7-16(8-10-17)22-21-23(27)19-13-15(2)6-11-20(19)31-24(21)25(28)26(22)14-18-5-4-12-30-18/h4-13,22H,3,14H2,1-2H3/t22-/m1/s1. The molecule has 0 aliphatic carbocycles. The number of nitrogens with zero attached hydrogens (tertiary/aromatic N) is 1. The van der Waals surface area contributed by atoms with Gasteiger partial charge in [-0.3, -0.25) is 9.59 Å². The molecule has 1 atom stereocenters. The minimum atomic E-state index is -0.579. The summed E-state index contributed by atoms with van der Waals surface area (Å²) in [5.74, 6) is 1.12. The van der Waals surface area contributed by atoms with Crippen molar-refractivity contribution in [3.8, 4) is 5.75 Å². The number of hydrogen-bond donors (Lipinski definition) is 0. The molecule has 31 heavy (non-hydrogen) atoms. The first-order valence-electron chi connectivity index (χ1n) is 10.2. The Morgan fingerprint density at radius 3 is 2.58 bits per heavy atom. The molecule has 6 nitrogen and oxygen atoms in total. The summed E-state index contributed by atoms with van der Waals surface area (Å²) < 4.78 is 17.0. The zero-order valence-corrected chi connectivity index (χ0v) is 17.3. The summed E-state index contributed by atoms with van der Waals surface area (Å²) in [6.45, 7) is 4.62. The fourth-order valence-corrected chi connectivity index (χ4v) is 4.13. The van der Waals surface area contributed by atoms with Crippen molar-refractivity contribution in [1.29, 1.82) is 0 Å². The van der Waals surface area contributed by atoms with E-state index >= 15 is 0 Å². The first-order chi connectivity index (χ1) is 15.1. The van der Waals surface area contributed by atoms with Crippen molar-refractivity contribution in [2.24, 2.45) is 0 Å². The summed E-state index contributed by atoms with van der Waals surface area (Å²) in [6, 6.07) is 15.9. The van der Waals surface area contributed by atoms with Crippen LogP contribution >= 0.6 is 0 Å². The van der Waals surface area contributed by atoms with Gasteiger partial charge in [0.15, 0.2) is 5.43 Å². The monoisotopic (exact) mass is 415 g/mol. The third kappa shape index (κ3) is 3.20. The molecule has 4 aromatic rings. The van der Waals surface area contributed by atoms with Gasteiger partial charge in [0, 0.05) is 0 Å². The lowest BCUT2D eigenvalue weighted by molar-refractivity contribution is 0.0701. The average Bonchev–Trinajstić information content (AvgIpc) is 3.37. The van der Waals surface area contributed by atoms with Gasteiger partial charge in [0.1, 0.15) is 17.1 Å². The molecule has 1 aliphatic rings. The van der Waals surface area contributed by atoms with Crippen molar-refractivity contribution in [2.45, 2.75) is 26.4 Å². The SMILES string of the molecule is CCOc1ccc([C@@H]2c3c(oc4ccc(C)cc4c3=O)C(=O)N2Cc2ccco2)cc1. The van der Waals surface area contributed by atoms with Crippen molar-refractivity contribution in [3.05, 3.63) is 99.3 Å². The average molecular weight is 415 g/mol. The predicted octanol–water partition coefficient (Wildman–Crippen LogP) is 4.84. The molecule has 0 bridgehead atoms. The molecule has 0 spiro atoms. The Labute approximate surface area is 178 Å². The molecule has 3 heterocycles. The van der Waals surface area contributed by atoms with Crippen molar-refractivity contribution < 1.29 is 18.4 Å². The fourth-order valence-electron chi connectivity index (χ4n) is 4.13. The van der Waals surface area contributed by atoms with Crippen LogP contribution in [0.5, 0.6) is 5.75 Å². The van der Waals surface area contributed by atoms with Crippen molar-refractivity contribution >= 4 is 16.9 Å². The van der Waals surface area contributed by atoms with Gasteiger partial charge in [-0.1, -0.05) is 23.8 Å². The van der Waals surface area contributed by atoms with Gasteiger partial charge in [-0.15, -0.1) is 0 Å². The normalized spacial score (nSPS) is 15.5. The highest BCUT2D eigenvalue weighted by Crippen LogP contribution is 2.39. The molecular weight excluding hydrogens is 394 g/mol. The summed E-state index contributed by atoms with van der Waals surface area (Å²) in [5.41, 5.74) is 2.34. The second-order valence-electron chi connectivity index (χ2n) is 7.59. The maximum absolute atomic E-state index is 13.5. The molecule has 0 N–H and O–H groups in total. The summed E-state index contributed by atoms with van der Waals surface area (Å²) >= 11 is 0. The van der Waals surface area contributed by atoms with Crippen LogP contribution in [0.15, 0.2) is 74.5 Å². The lowest BCUT2D eigenvalue weighted by atomic mass is 9.98. The van der Waals surface area contributed by atoms with E-state index in [4.69, 9.17) is 13.6 Å². The molecule has 0 saturated carbocycles. The second-order valence-corrected chi connectivity index (χ2v) is 7.59. The lowest BCUT2D eigenvalue weighted by Crippen LogP contribution is -2.29. The van der Waals surface area contributed by atoms with Crippen LogP contribution in [-0.4, -0.2) is 17.4 Å². The number of rotatable bonds is 5. The van der Waals surface area contributed by atoms with Crippen LogP contribution in [0.25, 0.3) is 11.0 Å². The van der Waals surface area contributed by atoms with E-state index in [1.54, 1.807) is 35.4 Å². The van der Waals surface area contributed by atoms with E-state index in [1.807, 2.05) is 44.2 Å². The Hall–Kier alpha value is -3.80. The minimum Gasteiger partial charge on any atom is -0.494 e. The van der Waals surface area contributed by atoms with E-state index in [0.717, 1.165) is 16.9 Å². The number of furan rings is 1. The quantitative estimate of drug-likeness (QED) is 0.466. The lowest BCUT2D eigenvalue weighted by Gasteiger charge is -2.24. The van der Waals surface area contributed by atoms with Gasteiger partial charge in [-0.25, -0.2) is 0 Å². The van der Waals surface area contributed by atoms with Gasteiger partial charge in [0.2, 0.25) is 5.76 Å². The highest BCUT2D eigenvalue weighted by molar-refractivity contribution is 5.99. The molecule has 1 amide bonds. The van der Waals surface area contributed by atoms with Crippen LogP contribution in [0.4, 0.5) is 0 Å². The number of carbonyl (C=O) groups excluding carboxylic acids is 1. The number of hydrogen-bond acceptors (Lipinski definition) is 5. The van der Waals surface area contributed by atoms with Crippen LogP contribution in [0, 0.1) is 6.92 Å². The molecule has 2 aromatic heterocycles. The van der Waals surface area contributed by atoms with E-state index in [9.17, 15) is 9.59 Å². The van der Waals surface area contributed by atoms with Gasteiger partial charge >= 0.3 is 0 Å². The van der Waals surface area contributed by atoms with Gasteiger partial charge < -0.3 is 18.5 Å². The molecule has 0 unspecified atom stereocenters. The van der Waals surface area contributed by atoms with Crippen LogP contribution in [0.2, 0.25) is 0 Å². The van der Waals surface area contributed by atoms with E-state index in [0.29, 0.717) is 28.9 Å². The molecule has 156 valence electrons. The molecule has 6 heteroatoms. The molecule has 0 fully saturated rings. The smallest absolute Gasteiger partial charge is 0.291 e. The minimum absolute atomic E-state index is 0.0896. The third-order valence-corrected chi connectivity index (χ3v) is 5.53. The Kier molecular flexibility index (Phi) is 4.62.